The van der Waals surface area contributed by atoms with Crippen molar-refractivity contribution in [3.63, 3.8) is 0 Å². The Balaban J connectivity index is 2.16. The Bertz CT molecular complexity index is 402. The number of aromatic nitrogens is 1. The van der Waals surface area contributed by atoms with E-state index in [1.165, 1.54) is 6.92 Å². The van der Waals surface area contributed by atoms with Gasteiger partial charge in [-0.3, -0.25) is 15.4 Å². The number of pyridine rings is 1. The summed E-state index contributed by atoms with van der Waals surface area (Å²) in [5.74, 6) is 0.391. The standard InChI is InChI=1S/C11H16N4O2/c1-7(16)15-11-9(3-2-4-12-11)10-13-5-8(17)6-14-10/h2-4,8,10,13-14,17H,5-6H2,1H3,(H,12,15,16). The molecule has 0 saturated carbocycles. The van der Waals surface area contributed by atoms with Crippen LogP contribution in [0.15, 0.2) is 18.3 Å². The predicted molar refractivity (Wildman–Crippen MR) is 63.3 cm³/mol. The van der Waals surface area contributed by atoms with Crippen molar-refractivity contribution in [2.24, 2.45) is 0 Å². The Morgan fingerprint density at radius 1 is 1.53 bits per heavy atom. The lowest BCUT2D eigenvalue weighted by Gasteiger charge is -2.29. The summed E-state index contributed by atoms with van der Waals surface area (Å²) in [5, 5.41) is 18.4. The zero-order valence-corrected chi connectivity index (χ0v) is 9.60. The second-order valence-electron chi connectivity index (χ2n) is 4.03. The summed E-state index contributed by atoms with van der Waals surface area (Å²) < 4.78 is 0. The first-order valence-electron chi connectivity index (χ1n) is 5.54. The molecule has 17 heavy (non-hydrogen) atoms. The first-order chi connectivity index (χ1) is 8.16. The van der Waals surface area contributed by atoms with Gasteiger partial charge in [0.25, 0.3) is 0 Å². The van der Waals surface area contributed by atoms with E-state index in [1.54, 1.807) is 6.20 Å². The molecular weight excluding hydrogens is 220 g/mol. The van der Waals surface area contributed by atoms with Crippen LogP contribution >= 0.6 is 0 Å². The molecular formula is C11H16N4O2. The number of β-amino-alcohol motifs (C(OH)–C–C–N with tert-alkyl or cyclic N) is 1. The zero-order valence-electron chi connectivity index (χ0n) is 9.60. The van der Waals surface area contributed by atoms with Crippen LogP contribution in [0.5, 0.6) is 0 Å². The lowest BCUT2D eigenvalue weighted by Crippen LogP contribution is -2.49. The van der Waals surface area contributed by atoms with Crippen molar-refractivity contribution in [2.75, 3.05) is 18.4 Å². The maximum absolute atomic E-state index is 11.1. The normalized spacial score (nSPS) is 24.4. The maximum atomic E-state index is 11.1. The van der Waals surface area contributed by atoms with Gasteiger partial charge in [-0.2, -0.15) is 0 Å². The molecule has 0 atom stereocenters. The molecule has 92 valence electrons. The number of aliphatic hydroxyl groups excluding tert-OH is 1. The second kappa shape index (κ2) is 5.22. The van der Waals surface area contributed by atoms with Gasteiger partial charge in [0, 0.05) is 31.8 Å². The van der Waals surface area contributed by atoms with Crippen molar-refractivity contribution >= 4 is 11.7 Å². The summed E-state index contributed by atoms with van der Waals surface area (Å²) in [4.78, 5) is 15.2. The number of hydrogen-bond donors (Lipinski definition) is 4. The zero-order chi connectivity index (χ0) is 12.3. The molecule has 0 bridgehead atoms. The van der Waals surface area contributed by atoms with E-state index in [2.05, 4.69) is 20.9 Å². The van der Waals surface area contributed by atoms with Crippen LogP contribution in [-0.2, 0) is 4.79 Å². The minimum Gasteiger partial charge on any atom is -0.390 e. The van der Waals surface area contributed by atoms with E-state index < -0.39 is 0 Å². The topological polar surface area (TPSA) is 86.3 Å². The Morgan fingerprint density at radius 2 is 2.24 bits per heavy atom. The number of amides is 1. The molecule has 1 saturated heterocycles. The molecule has 1 aromatic rings. The van der Waals surface area contributed by atoms with E-state index in [9.17, 15) is 9.90 Å². The Labute approximate surface area is 99.4 Å². The number of aliphatic hydroxyl groups is 1. The number of anilines is 1. The lowest BCUT2D eigenvalue weighted by atomic mass is 10.1. The largest absolute Gasteiger partial charge is 0.390 e. The van der Waals surface area contributed by atoms with Gasteiger partial charge in [-0.05, 0) is 6.07 Å². The number of rotatable bonds is 2. The Hall–Kier alpha value is -1.50. The molecule has 0 aliphatic carbocycles. The second-order valence-corrected chi connectivity index (χ2v) is 4.03. The average molecular weight is 236 g/mol. The van der Waals surface area contributed by atoms with Crippen molar-refractivity contribution in [2.45, 2.75) is 19.2 Å². The fraction of sp³-hybridized carbons (Fsp3) is 0.455. The van der Waals surface area contributed by atoms with Gasteiger partial charge in [0.05, 0.1) is 12.3 Å². The number of carbonyl (C=O) groups is 1. The van der Waals surface area contributed by atoms with Crippen LogP contribution in [-0.4, -0.2) is 35.2 Å². The van der Waals surface area contributed by atoms with Crippen LogP contribution in [0.2, 0.25) is 0 Å². The molecule has 1 aromatic heterocycles. The van der Waals surface area contributed by atoms with Crippen molar-refractivity contribution in [1.82, 2.24) is 15.6 Å². The summed E-state index contributed by atoms with van der Waals surface area (Å²) in [6.07, 6.45) is 1.15. The van der Waals surface area contributed by atoms with Crippen molar-refractivity contribution in [3.05, 3.63) is 23.9 Å². The molecule has 1 fully saturated rings. The third-order valence-corrected chi connectivity index (χ3v) is 2.56. The molecule has 0 unspecified atom stereocenters. The fourth-order valence-electron chi connectivity index (χ4n) is 1.79. The van der Waals surface area contributed by atoms with Crippen LogP contribution < -0.4 is 16.0 Å². The highest BCUT2D eigenvalue weighted by Gasteiger charge is 2.21. The lowest BCUT2D eigenvalue weighted by molar-refractivity contribution is -0.114. The van der Waals surface area contributed by atoms with Gasteiger partial charge in [-0.25, -0.2) is 4.98 Å². The monoisotopic (exact) mass is 236 g/mol. The van der Waals surface area contributed by atoms with E-state index in [0.717, 1.165) is 5.56 Å². The van der Waals surface area contributed by atoms with E-state index in [-0.39, 0.29) is 18.2 Å². The van der Waals surface area contributed by atoms with Crippen molar-refractivity contribution in [3.8, 4) is 0 Å². The summed E-state index contributed by atoms with van der Waals surface area (Å²) in [6, 6.07) is 3.70. The SMILES string of the molecule is CC(=O)Nc1ncccc1C1NCC(O)CN1. The third-order valence-electron chi connectivity index (χ3n) is 2.56. The quantitative estimate of drug-likeness (QED) is 0.561. The van der Waals surface area contributed by atoms with Gasteiger partial charge in [0.1, 0.15) is 5.82 Å². The minimum absolute atomic E-state index is 0.103. The average Bonchev–Trinajstić information content (AvgIpc) is 2.30. The van der Waals surface area contributed by atoms with Gasteiger partial charge < -0.3 is 10.4 Å². The van der Waals surface area contributed by atoms with Crippen molar-refractivity contribution < 1.29 is 9.90 Å². The first-order valence-corrected chi connectivity index (χ1v) is 5.54. The number of nitrogens with zero attached hydrogens (tertiary/aromatic N) is 1. The van der Waals surface area contributed by atoms with E-state index in [0.29, 0.717) is 18.9 Å². The summed E-state index contributed by atoms with van der Waals surface area (Å²) in [6.45, 7) is 2.49. The van der Waals surface area contributed by atoms with E-state index in [4.69, 9.17) is 0 Å². The number of nitrogens with one attached hydrogen (secondary N) is 3. The van der Waals surface area contributed by atoms with Gasteiger partial charge in [-0.15, -0.1) is 0 Å². The third kappa shape index (κ3) is 3.00. The molecule has 4 N–H and O–H groups in total. The molecule has 6 nitrogen and oxygen atoms in total. The highest BCUT2D eigenvalue weighted by atomic mass is 16.3. The molecule has 0 radical (unpaired) electrons. The molecule has 2 rings (SSSR count). The van der Waals surface area contributed by atoms with E-state index in [1.807, 2.05) is 12.1 Å². The van der Waals surface area contributed by atoms with Crippen LogP contribution in [0.1, 0.15) is 18.7 Å². The molecule has 2 heterocycles. The minimum atomic E-state index is -0.382. The Morgan fingerprint density at radius 3 is 2.88 bits per heavy atom. The number of hydrogen-bond acceptors (Lipinski definition) is 5. The molecule has 0 aromatic carbocycles. The molecule has 0 spiro atoms. The maximum Gasteiger partial charge on any atom is 0.222 e. The van der Waals surface area contributed by atoms with Gasteiger partial charge >= 0.3 is 0 Å². The summed E-state index contributed by atoms with van der Waals surface area (Å²) in [5.41, 5.74) is 0.870. The van der Waals surface area contributed by atoms with Crippen LogP contribution in [0.3, 0.4) is 0 Å². The molecule has 6 heteroatoms. The molecule has 1 aliphatic rings. The summed E-state index contributed by atoms with van der Waals surface area (Å²) in [7, 11) is 0. The van der Waals surface area contributed by atoms with Gasteiger partial charge in [-0.1, -0.05) is 6.07 Å². The first kappa shape index (κ1) is 12.0. The fourth-order valence-corrected chi connectivity index (χ4v) is 1.79. The van der Waals surface area contributed by atoms with Gasteiger partial charge in [0.15, 0.2) is 0 Å². The van der Waals surface area contributed by atoms with Gasteiger partial charge in [0.2, 0.25) is 5.91 Å². The molecule has 1 aliphatic heterocycles. The van der Waals surface area contributed by atoms with E-state index >= 15 is 0 Å². The summed E-state index contributed by atoms with van der Waals surface area (Å²) >= 11 is 0. The molecule has 1 amide bonds. The van der Waals surface area contributed by atoms with Crippen molar-refractivity contribution in [1.29, 1.82) is 0 Å². The van der Waals surface area contributed by atoms with Crippen LogP contribution in [0.4, 0.5) is 5.82 Å². The highest BCUT2D eigenvalue weighted by molar-refractivity contribution is 5.88. The highest BCUT2D eigenvalue weighted by Crippen LogP contribution is 2.19. The smallest absolute Gasteiger partial charge is 0.222 e. The van der Waals surface area contributed by atoms with Crippen LogP contribution in [0, 0.1) is 0 Å². The predicted octanol–water partition coefficient (Wildman–Crippen LogP) is -0.408. The number of carbonyl (C=O) groups excluding carboxylic acids is 1. The Kier molecular flexibility index (Phi) is 3.68. The van der Waals surface area contributed by atoms with Crippen LogP contribution in [0.25, 0.3) is 0 Å².